The molecule has 1 fully saturated rings. The number of fused-ring (bicyclic) bond motifs is 1. The van der Waals surface area contributed by atoms with Crippen LogP contribution in [-0.2, 0) is 27.7 Å². The van der Waals surface area contributed by atoms with Gasteiger partial charge < -0.3 is 15.4 Å². The van der Waals surface area contributed by atoms with E-state index in [1.165, 1.54) is 5.56 Å². The van der Waals surface area contributed by atoms with Gasteiger partial charge in [0, 0.05) is 31.9 Å². The lowest BCUT2D eigenvalue weighted by atomic mass is 10.0. The molecule has 6 nitrogen and oxygen atoms in total. The number of nitrogens with one attached hydrogen (secondary N) is 2. The summed E-state index contributed by atoms with van der Waals surface area (Å²) in [7, 11) is -3.53. The highest BCUT2D eigenvalue weighted by Crippen LogP contribution is 2.25. The monoisotopic (exact) mass is 431 g/mol. The predicted molar refractivity (Wildman–Crippen MR) is 117 cm³/mol. The van der Waals surface area contributed by atoms with E-state index in [0.29, 0.717) is 29.6 Å². The molecule has 0 bridgehead atoms. The number of thiocarbonyl (C=S) groups is 1. The fraction of sp³-hybridized carbons (Fsp3) is 0.381. The maximum absolute atomic E-state index is 13.0. The van der Waals surface area contributed by atoms with Crippen LogP contribution in [0.2, 0.25) is 0 Å². The van der Waals surface area contributed by atoms with Crippen molar-refractivity contribution in [3.05, 3.63) is 59.7 Å². The fourth-order valence-corrected chi connectivity index (χ4v) is 5.34. The third-order valence-corrected chi connectivity index (χ3v) is 7.47. The van der Waals surface area contributed by atoms with Gasteiger partial charge in [0.05, 0.1) is 11.0 Å². The highest BCUT2D eigenvalue weighted by molar-refractivity contribution is 7.89. The Morgan fingerprint density at radius 3 is 2.62 bits per heavy atom. The Balaban J connectivity index is 1.37. The molecule has 0 saturated carbocycles. The maximum atomic E-state index is 13.0. The topological polar surface area (TPSA) is 70.7 Å². The van der Waals surface area contributed by atoms with Crippen molar-refractivity contribution < 1.29 is 13.2 Å². The summed E-state index contributed by atoms with van der Waals surface area (Å²) in [6.45, 7) is 2.39. The van der Waals surface area contributed by atoms with E-state index in [1.807, 2.05) is 18.2 Å². The predicted octanol–water partition coefficient (Wildman–Crippen LogP) is 2.90. The summed E-state index contributed by atoms with van der Waals surface area (Å²) in [6, 6.07) is 14.7. The summed E-state index contributed by atoms with van der Waals surface area (Å²) in [5, 5.41) is 6.74. The van der Waals surface area contributed by atoms with Crippen LogP contribution < -0.4 is 10.6 Å². The van der Waals surface area contributed by atoms with Crippen LogP contribution in [-0.4, -0.2) is 43.6 Å². The first kappa shape index (κ1) is 20.3. The first-order chi connectivity index (χ1) is 14.0. The number of hydrogen-bond acceptors (Lipinski definition) is 4. The lowest BCUT2D eigenvalue weighted by Crippen LogP contribution is -2.36. The number of anilines is 1. The van der Waals surface area contributed by atoms with Gasteiger partial charge in [0.15, 0.2) is 5.11 Å². The standard InChI is InChI=1S/C21H25N3O3S2/c25-29(26,24-12-11-16-4-1-2-5-17(16)15-24)20-9-7-18(8-10-20)23-21(28)22-14-19-6-3-13-27-19/h1-2,4-5,7-10,19H,3,6,11-15H2,(H2,22,23,28). The third kappa shape index (κ3) is 4.78. The SMILES string of the molecule is O=S(=O)(c1ccc(NC(=S)NCC2CCCO2)cc1)N1CCc2ccccc2C1. The molecule has 1 atom stereocenters. The van der Waals surface area contributed by atoms with Crippen LogP contribution in [0.4, 0.5) is 5.69 Å². The molecule has 0 spiro atoms. The molecule has 0 aliphatic carbocycles. The number of benzene rings is 2. The quantitative estimate of drug-likeness (QED) is 0.710. The van der Waals surface area contributed by atoms with E-state index >= 15 is 0 Å². The van der Waals surface area contributed by atoms with Crippen LogP contribution in [0, 0.1) is 0 Å². The van der Waals surface area contributed by atoms with E-state index in [4.69, 9.17) is 17.0 Å². The molecule has 1 saturated heterocycles. The smallest absolute Gasteiger partial charge is 0.243 e. The number of ether oxygens (including phenoxy) is 1. The van der Waals surface area contributed by atoms with Crippen molar-refractivity contribution in [2.45, 2.75) is 36.8 Å². The van der Waals surface area contributed by atoms with Crippen molar-refractivity contribution in [1.29, 1.82) is 0 Å². The molecule has 0 aromatic heterocycles. The van der Waals surface area contributed by atoms with Crippen molar-refractivity contribution >= 4 is 33.0 Å². The van der Waals surface area contributed by atoms with E-state index in [2.05, 4.69) is 16.7 Å². The summed E-state index contributed by atoms with van der Waals surface area (Å²) >= 11 is 5.31. The molecular formula is C21H25N3O3S2. The highest BCUT2D eigenvalue weighted by atomic mass is 32.2. The molecule has 2 aliphatic heterocycles. The molecule has 0 radical (unpaired) electrons. The van der Waals surface area contributed by atoms with Gasteiger partial charge in [-0.2, -0.15) is 4.31 Å². The van der Waals surface area contributed by atoms with Crippen LogP contribution in [0.15, 0.2) is 53.4 Å². The number of hydrogen-bond donors (Lipinski definition) is 2. The molecule has 2 heterocycles. The zero-order valence-electron chi connectivity index (χ0n) is 16.1. The van der Waals surface area contributed by atoms with Gasteiger partial charge in [0.1, 0.15) is 0 Å². The molecule has 1 unspecified atom stereocenters. The summed E-state index contributed by atoms with van der Waals surface area (Å²) in [4.78, 5) is 0.292. The minimum absolute atomic E-state index is 0.206. The summed E-state index contributed by atoms with van der Waals surface area (Å²) in [6.07, 6.45) is 3.07. The minimum Gasteiger partial charge on any atom is -0.376 e. The van der Waals surface area contributed by atoms with Gasteiger partial charge in [-0.25, -0.2) is 8.42 Å². The van der Waals surface area contributed by atoms with Crippen molar-refractivity contribution in [1.82, 2.24) is 9.62 Å². The van der Waals surface area contributed by atoms with E-state index in [0.717, 1.165) is 37.1 Å². The Bertz CT molecular complexity index is 971. The van der Waals surface area contributed by atoms with Gasteiger partial charge >= 0.3 is 0 Å². The summed E-state index contributed by atoms with van der Waals surface area (Å²) in [5.74, 6) is 0. The second kappa shape index (κ2) is 8.79. The van der Waals surface area contributed by atoms with Crippen LogP contribution in [0.1, 0.15) is 24.0 Å². The molecule has 8 heteroatoms. The second-order valence-electron chi connectivity index (χ2n) is 7.35. The van der Waals surface area contributed by atoms with E-state index in [1.54, 1.807) is 28.6 Å². The normalized spacial score (nSPS) is 19.5. The zero-order chi connectivity index (χ0) is 20.3. The van der Waals surface area contributed by atoms with Gasteiger partial charge in [-0.05, 0) is 66.9 Å². The number of rotatable bonds is 5. The first-order valence-corrected chi connectivity index (χ1v) is 11.7. The minimum atomic E-state index is -3.53. The summed E-state index contributed by atoms with van der Waals surface area (Å²) in [5.41, 5.74) is 3.04. The fourth-order valence-electron chi connectivity index (χ4n) is 3.72. The molecular weight excluding hydrogens is 406 g/mol. The second-order valence-corrected chi connectivity index (χ2v) is 9.70. The average Bonchev–Trinajstić information content (AvgIpc) is 3.26. The lowest BCUT2D eigenvalue weighted by Gasteiger charge is -2.28. The molecule has 2 aromatic carbocycles. The average molecular weight is 432 g/mol. The summed E-state index contributed by atoms with van der Waals surface area (Å²) < 4.78 is 33.2. The molecule has 2 aromatic rings. The van der Waals surface area contributed by atoms with Crippen molar-refractivity contribution in [3.63, 3.8) is 0 Å². The third-order valence-electron chi connectivity index (χ3n) is 5.36. The number of nitrogens with zero attached hydrogens (tertiary/aromatic N) is 1. The molecule has 0 amide bonds. The Labute approximate surface area is 177 Å². The zero-order valence-corrected chi connectivity index (χ0v) is 17.8. The Morgan fingerprint density at radius 1 is 1.14 bits per heavy atom. The van der Waals surface area contributed by atoms with Crippen molar-refractivity contribution in [2.24, 2.45) is 0 Å². The van der Waals surface area contributed by atoms with Crippen LogP contribution in [0.5, 0.6) is 0 Å². The van der Waals surface area contributed by atoms with Gasteiger partial charge in [0.25, 0.3) is 0 Å². The van der Waals surface area contributed by atoms with Crippen LogP contribution in [0.25, 0.3) is 0 Å². The van der Waals surface area contributed by atoms with E-state index in [9.17, 15) is 8.42 Å². The lowest BCUT2D eigenvalue weighted by molar-refractivity contribution is 0.114. The van der Waals surface area contributed by atoms with E-state index < -0.39 is 10.0 Å². The largest absolute Gasteiger partial charge is 0.376 e. The Hall–Kier alpha value is -2.00. The van der Waals surface area contributed by atoms with Crippen LogP contribution in [0.3, 0.4) is 0 Å². The van der Waals surface area contributed by atoms with Gasteiger partial charge in [0.2, 0.25) is 10.0 Å². The van der Waals surface area contributed by atoms with Crippen LogP contribution >= 0.6 is 12.2 Å². The molecule has 4 rings (SSSR count). The van der Waals surface area contributed by atoms with Gasteiger partial charge in [-0.1, -0.05) is 24.3 Å². The molecule has 2 N–H and O–H groups in total. The van der Waals surface area contributed by atoms with Crippen molar-refractivity contribution in [2.75, 3.05) is 25.0 Å². The Kier molecular flexibility index (Phi) is 6.15. The molecule has 2 aliphatic rings. The maximum Gasteiger partial charge on any atom is 0.243 e. The molecule has 154 valence electrons. The molecule has 29 heavy (non-hydrogen) atoms. The van der Waals surface area contributed by atoms with Gasteiger partial charge in [-0.3, -0.25) is 0 Å². The first-order valence-electron chi connectivity index (χ1n) is 9.86. The number of sulfonamides is 1. The van der Waals surface area contributed by atoms with E-state index in [-0.39, 0.29) is 6.10 Å². The van der Waals surface area contributed by atoms with Gasteiger partial charge in [-0.15, -0.1) is 0 Å². The Morgan fingerprint density at radius 2 is 1.90 bits per heavy atom. The highest BCUT2D eigenvalue weighted by Gasteiger charge is 2.28. The van der Waals surface area contributed by atoms with Crippen molar-refractivity contribution in [3.8, 4) is 0 Å².